The number of sulfonamides is 1. The number of amides is 1. The molecule has 3 aromatic rings. The van der Waals surface area contributed by atoms with Gasteiger partial charge in [0, 0.05) is 23.7 Å². The second-order valence-corrected chi connectivity index (χ2v) is 8.42. The molecule has 29 heavy (non-hydrogen) atoms. The number of carbonyl (C=O) groups is 1. The normalized spacial score (nSPS) is 12.9. The number of nitrogens with zero attached hydrogens (tertiary/aromatic N) is 2. The Bertz CT molecular complexity index is 1150. The van der Waals surface area contributed by atoms with Crippen LogP contribution in [0.15, 0.2) is 48.5 Å². The van der Waals surface area contributed by atoms with E-state index in [0.717, 1.165) is 10.8 Å². The molecule has 10 heteroatoms. The number of nitrogens with one attached hydrogen (secondary N) is 2. The van der Waals surface area contributed by atoms with E-state index in [-0.39, 0.29) is 23.6 Å². The second-order valence-electron chi connectivity index (χ2n) is 6.67. The highest BCUT2D eigenvalue weighted by Crippen LogP contribution is 2.27. The number of aromatic nitrogens is 2. The van der Waals surface area contributed by atoms with E-state index in [2.05, 4.69) is 15.0 Å². The summed E-state index contributed by atoms with van der Waals surface area (Å²) in [6, 6.07) is 12.6. The first-order valence-electron chi connectivity index (χ1n) is 8.77. The van der Waals surface area contributed by atoms with Gasteiger partial charge in [0.15, 0.2) is 0 Å². The number of rotatable bonds is 7. The predicted molar refractivity (Wildman–Crippen MR) is 107 cm³/mol. The third kappa shape index (κ3) is 4.89. The monoisotopic (exact) mass is 422 g/mol. The summed E-state index contributed by atoms with van der Waals surface area (Å²) in [6.45, 7) is -0.977. The number of hydrogen-bond donors (Lipinski definition) is 2. The lowest BCUT2D eigenvalue weighted by molar-refractivity contribution is 0.0704. The van der Waals surface area contributed by atoms with Gasteiger partial charge < -0.3 is 5.32 Å². The van der Waals surface area contributed by atoms with Crippen LogP contribution in [0.3, 0.4) is 0 Å². The lowest BCUT2D eigenvalue weighted by Gasteiger charge is -2.15. The molecule has 154 valence electrons. The second kappa shape index (κ2) is 8.16. The van der Waals surface area contributed by atoms with Gasteiger partial charge in [-0.05, 0) is 30.3 Å². The van der Waals surface area contributed by atoms with E-state index in [1.807, 2.05) is 0 Å². The largest absolute Gasteiger partial charge is 0.351 e. The van der Waals surface area contributed by atoms with Gasteiger partial charge in [-0.1, -0.05) is 25.1 Å². The van der Waals surface area contributed by atoms with Crippen LogP contribution < -0.4 is 10.0 Å². The molecule has 0 fully saturated rings. The topological polar surface area (TPSA) is 93.1 Å². The van der Waals surface area contributed by atoms with Crippen molar-refractivity contribution in [3.63, 3.8) is 0 Å². The Balaban J connectivity index is 1.75. The Morgan fingerprint density at radius 3 is 2.59 bits per heavy atom. The van der Waals surface area contributed by atoms with E-state index in [1.165, 1.54) is 18.2 Å². The summed E-state index contributed by atoms with van der Waals surface area (Å²) in [6.07, 6.45) is 1.01. The van der Waals surface area contributed by atoms with E-state index in [4.69, 9.17) is 0 Å². The molecule has 2 aromatic carbocycles. The summed E-state index contributed by atoms with van der Waals surface area (Å²) < 4.78 is 53.0. The quantitative estimate of drug-likeness (QED) is 0.611. The fourth-order valence-corrected chi connectivity index (χ4v) is 3.55. The van der Waals surface area contributed by atoms with Gasteiger partial charge in [0.1, 0.15) is 5.82 Å². The maximum atomic E-state index is 13.6. The minimum Gasteiger partial charge on any atom is -0.351 e. The molecule has 1 unspecified atom stereocenters. The van der Waals surface area contributed by atoms with Gasteiger partial charge in [0.25, 0.3) is 5.91 Å². The molecule has 0 aliphatic rings. The van der Waals surface area contributed by atoms with Gasteiger partial charge in [0.2, 0.25) is 10.0 Å². The molecule has 2 N–H and O–H groups in total. The van der Waals surface area contributed by atoms with E-state index in [0.29, 0.717) is 11.0 Å². The van der Waals surface area contributed by atoms with Gasteiger partial charge in [-0.15, -0.1) is 0 Å². The average molecular weight is 422 g/mol. The highest BCUT2D eigenvalue weighted by atomic mass is 32.2. The van der Waals surface area contributed by atoms with Crippen LogP contribution >= 0.6 is 0 Å². The number of hydrogen-bond acceptors (Lipinski definition) is 4. The van der Waals surface area contributed by atoms with E-state index >= 15 is 0 Å². The third-order valence-electron chi connectivity index (χ3n) is 4.26. The molecule has 0 spiro atoms. The number of halogens is 2. The van der Waals surface area contributed by atoms with Gasteiger partial charge in [-0.2, -0.15) is 8.78 Å². The molecule has 1 aromatic heterocycles. The highest BCUT2D eigenvalue weighted by Gasteiger charge is 2.22. The van der Waals surface area contributed by atoms with Crippen LogP contribution in [-0.4, -0.2) is 36.7 Å². The first-order valence-corrected chi connectivity index (χ1v) is 10.7. The van der Waals surface area contributed by atoms with Crippen molar-refractivity contribution in [2.75, 3.05) is 17.5 Å². The minimum absolute atomic E-state index is 0.0820. The molecule has 1 atom stereocenters. The fourth-order valence-electron chi connectivity index (χ4n) is 2.99. The molecule has 1 amide bonds. The van der Waals surface area contributed by atoms with Crippen LogP contribution in [0, 0.1) is 0 Å². The van der Waals surface area contributed by atoms with Crippen LogP contribution in [0.2, 0.25) is 0 Å². The Morgan fingerprint density at radius 2 is 1.90 bits per heavy atom. The van der Waals surface area contributed by atoms with Crippen molar-refractivity contribution in [3.8, 4) is 0 Å². The van der Waals surface area contributed by atoms with E-state index in [9.17, 15) is 22.0 Å². The van der Waals surface area contributed by atoms with Crippen LogP contribution in [0.5, 0.6) is 0 Å². The predicted octanol–water partition coefficient (Wildman–Crippen LogP) is 3.34. The first-order chi connectivity index (χ1) is 13.7. The lowest BCUT2D eigenvalue weighted by atomic mass is 10.1. The summed E-state index contributed by atoms with van der Waals surface area (Å²) >= 11 is 0. The zero-order chi connectivity index (χ0) is 21.2. The van der Waals surface area contributed by atoms with Crippen molar-refractivity contribution < 1.29 is 22.0 Å². The van der Waals surface area contributed by atoms with E-state index in [1.54, 1.807) is 37.3 Å². The third-order valence-corrected chi connectivity index (χ3v) is 4.86. The van der Waals surface area contributed by atoms with Crippen LogP contribution in [0.1, 0.15) is 35.6 Å². The number of fused-ring (bicyclic) bond motifs is 1. The number of anilines is 1. The standard InChI is InChI=1S/C19H20F2N4O3S/c1-12(17-23-15-8-3-4-9-16(15)25(17)19(20)21)11-22-18(26)13-6-5-7-14(10-13)24-29(2,27)28/h3-10,12,19,24H,11H2,1-2H3,(H,22,26). The number of para-hydroxylation sites is 2. The number of alkyl halides is 2. The molecule has 0 aliphatic carbocycles. The summed E-state index contributed by atoms with van der Waals surface area (Å²) in [4.78, 5) is 16.7. The van der Waals surface area contributed by atoms with Crippen LogP contribution in [0.25, 0.3) is 11.0 Å². The number of imidazole rings is 1. The summed E-state index contributed by atoms with van der Waals surface area (Å²) in [5, 5.41) is 2.68. The van der Waals surface area contributed by atoms with E-state index < -0.39 is 28.4 Å². The molecular formula is C19H20F2N4O3S. The minimum atomic E-state index is -3.47. The van der Waals surface area contributed by atoms with Gasteiger partial charge >= 0.3 is 6.55 Å². The molecule has 0 saturated heterocycles. The molecular weight excluding hydrogens is 402 g/mol. The summed E-state index contributed by atoms with van der Waals surface area (Å²) in [5.41, 5.74) is 1.29. The Hall–Kier alpha value is -3.01. The zero-order valence-corrected chi connectivity index (χ0v) is 16.6. The lowest BCUT2D eigenvalue weighted by Crippen LogP contribution is -2.28. The smallest absolute Gasteiger partial charge is 0.320 e. The molecule has 7 nitrogen and oxygen atoms in total. The van der Waals surface area contributed by atoms with Crippen molar-refractivity contribution in [2.24, 2.45) is 0 Å². The fraction of sp³-hybridized carbons (Fsp3) is 0.263. The summed E-state index contributed by atoms with van der Waals surface area (Å²) in [7, 11) is -3.47. The van der Waals surface area contributed by atoms with Crippen molar-refractivity contribution in [2.45, 2.75) is 19.4 Å². The Morgan fingerprint density at radius 1 is 1.17 bits per heavy atom. The van der Waals surface area contributed by atoms with Crippen molar-refractivity contribution >= 4 is 32.7 Å². The van der Waals surface area contributed by atoms with Crippen LogP contribution in [0.4, 0.5) is 14.5 Å². The molecule has 0 bridgehead atoms. The van der Waals surface area contributed by atoms with Crippen molar-refractivity contribution in [3.05, 3.63) is 59.9 Å². The van der Waals surface area contributed by atoms with Crippen molar-refractivity contribution in [1.82, 2.24) is 14.9 Å². The zero-order valence-electron chi connectivity index (χ0n) is 15.8. The average Bonchev–Trinajstić information content (AvgIpc) is 3.04. The molecule has 0 aliphatic heterocycles. The van der Waals surface area contributed by atoms with Gasteiger partial charge in [0.05, 0.1) is 17.3 Å². The SMILES string of the molecule is CC(CNC(=O)c1cccc(NS(C)(=O)=O)c1)c1nc2ccccc2n1C(F)F. The molecule has 0 radical (unpaired) electrons. The summed E-state index contributed by atoms with van der Waals surface area (Å²) in [5.74, 6) is -0.750. The first kappa shape index (κ1) is 20.7. The van der Waals surface area contributed by atoms with Gasteiger partial charge in [-0.3, -0.25) is 14.1 Å². The van der Waals surface area contributed by atoms with Gasteiger partial charge in [-0.25, -0.2) is 13.4 Å². The number of benzene rings is 2. The molecule has 1 heterocycles. The Labute approximate surface area is 166 Å². The molecule has 3 rings (SSSR count). The highest BCUT2D eigenvalue weighted by molar-refractivity contribution is 7.92. The van der Waals surface area contributed by atoms with Crippen LogP contribution in [-0.2, 0) is 10.0 Å². The maximum absolute atomic E-state index is 13.6. The van der Waals surface area contributed by atoms with Crippen molar-refractivity contribution in [1.29, 1.82) is 0 Å². The molecule has 0 saturated carbocycles. The number of carbonyl (C=O) groups excluding carboxylic acids is 1. The maximum Gasteiger partial charge on any atom is 0.320 e. The Kier molecular flexibility index (Phi) is 5.83.